The second-order valence-electron chi connectivity index (χ2n) is 4.10. The van der Waals surface area contributed by atoms with Crippen molar-refractivity contribution >= 4 is 21.6 Å². The molecule has 2 aromatic rings. The average molecular weight is 336 g/mol. The SMILES string of the molecule is Cc1noc(CNS(=O)(=O)c2cc(F)c(Cl)c(CO)c2)n1. The smallest absolute Gasteiger partial charge is 0.241 e. The molecule has 0 saturated heterocycles. The summed E-state index contributed by atoms with van der Waals surface area (Å²) in [6.07, 6.45) is 0. The first-order chi connectivity index (χ1) is 9.83. The third-order valence-electron chi connectivity index (χ3n) is 2.54. The summed E-state index contributed by atoms with van der Waals surface area (Å²) in [7, 11) is -4.01. The first kappa shape index (κ1) is 15.8. The summed E-state index contributed by atoms with van der Waals surface area (Å²) in [4.78, 5) is 3.48. The van der Waals surface area contributed by atoms with Crippen LogP contribution < -0.4 is 4.72 Å². The zero-order valence-corrected chi connectivity index (χ0v) is 12.4. The lowest BCUT2D eigenvalue weighted by Gasteiger charge is -2.08. The van der Waals surface area contributed by atoms with Crippen molar-refractivity contribution in [3.63, 3.8) is 0 Å². The molecule has 0 aliphatic carbocycles. The summed E-state index contributed by atoms with van der Waals surface area (Å²) < 4.78 is 44.6. The molecule has 1 aromatic carbocycles. The number of rotatable bonds is 5. The molecule has 1 heterocycles. The van der Waals surface area contributed by atoms with Crippen LogP contribution in [0.25, 0.3) is 0 Å². The van der Waals surface area contributed by atoms with Crippen LogP contribution in [0, 0.1) is 12.7 Å². The van der Waals surface area contributed by atoms with Gasteiger partial charge < -0.3 is 9.63 Å². The minimum absolute atomic E-state index is 0.0225. The maximum atomic E-state index is 13.5. The zero-order valence-electron chi connectivity index (χ0n) is 10.8. The van der Waals surface area contributed by atoms with E-state index >= 15 is 0 Å². The Morgan fingerprint density at radius 1 is 1.48 bits per heavy atom. The molecule has 0 unspecified atom stereocenters. The highest BCUT2D eigenvalue weighted by Gasteiger charge is 2.19. The summed E-state index contributed by atoms with van der Waals surface area (Å²) in [6, 6.07) is 1.86. The van der Waals surface area contributed by atoms with E-state index in [2.05, 4.69) is 14.9 Å². The van der Waals surface area contributed by atoms with E-state index in [0.717, 1.165) is 12.1 Å². The van der Waals surface area contributed by atoms with E-state index in [1.54, 1.807) is 6.92 Å². The first-order valence-corrected chi connectivity index (χ1v) is 7.57. The van der Waals surface area contributed by atoms with Crippen LogP contribution >= 0.6 is 11.6 Å². The fourth-order valence-corrected chi connectivity index (χ4v) is 2.75. The minimum atomic E-state index is -4.01. The van der Waals surface area contributed by atoms with E-state index in [1.165, 1.54) is 0 Å². The van der Waals surface area contributed by atoms with E-state index in [1.807, 2.05) is 0 Å². The van der Waals surface area contributed by atoms with Crippen molar-refractivity contribution in [3.8, 4) is 0 Å². The Labute approximate surface area is 124 Å². The molecule has 0 atom stereocenters. The fourth-order valence-electron chi connectivity index (χ4n) is 1.54. The number of nitrogens with one attached hydrogen (secondary N) is 1. The predicted molar refractivity (Wildman–Crippen MR) is 70.4 cm³/mol. The molecule has 10 heteroatoms. The van der Waals surface area contributed by atoms with Crippen LogP contribution in [-0.2, 0) is 23.2 Å². The third-order valence-corrected chi connectivity index (χ3v) is 4.34. The van der Waals surface area contributed by atoms with E-state index in [4.69, 9.17) is 21.2 Å². The molecule has 1 aromatic heterocycles. The molecule has 2 N–H and O–H groups in total. The molecule has 21 heavy (non-hydrogen) atoms. The van der Waals surface area contributed by atoms with E-state index in [0.29, 0.717) is 5.82 Å². The van der Waals surface area contributed by atoms with Crippen molar-refractivity contribution < 1.29 is 22.4 Å². The van der Waals surface area contributed by atoms with Gasteiger partial charge in [0.05, 0.1) is 23.1 Å². The van der Waals surface area contributed by atoms with Crippen LogP contribution in [0.4, 0.5) is 4.39 Å². The van der Waals surface area contributed by atoms with Gasteiger partial charge in [-0.25, -0.2) is 17.5 Å². The quantitative estimate of drug-likeness (QED) is 0.849. The van der Waals surface area contributed by atoms with Crippen LogP contribution in [0.5, 0.6) is 0 Å². The molecule has 0 spiro atoms. The Morgan fingerprint density at radius 2 is 2.19 bits per heavy atom. The molecule has 0 aliphatic rings. The van der Waals surface area contributed by atoms with Gasteiger partial charge in [0.15, 0.2) is 5.82 Å². The molecule has 7 nitrogen and oxygen atoms in total. The highest BCUT2D eigenvalue weighted by atomic mass is 35.5. The molecular weight excluding hydrogens is 325 g/mol. The number of halogens is 2. The lowest BCUT2D eigenvalue weighted by Crippen LogP contribution is -2.23. The summed E-state index contributed by atoms with van der Waals surface area (Å²) in [5, 5.41) is 12.2. The van der Waals surface area contributed by atoms with Crippen molar-refractivity contribution in [2.75, 3.05) is 0 Å². The highest BCUT2D eigenvalue weighted by molar-refractivity contribution is 7.89. The number of aryl methyl sites for hydroxylation is 1. The van der Waals surface area contributed by atoms with Gasteiger partial charge in [0.25, 0.3) is 0 Å². The van der Waals surface area contributed by atoms with Crippen LogP contribution in [-0.4, -0.2) is 23.7 Å². The van der Waals surface area contributed by atoms with Gasteiger partial charge in [0.2, 0.25) is 15.9 Å². The van der Waals surface area contributed by atoms with E-state index in [-0.39, 0.29) is 27.9 Å². The number of sulfonamides is 1. The van der Waals surface area contributed by atoms with Crippen LogP contribution in [0.3, 0.4) is 0 Å². The van der Waals surface area contributed by atoms with Gasteiger partial charge in [0, 0.05) is 5.56 Å². The number of aliphatic hydroxyl groups is 1. The number of benzene rings is 1. The topological polar surface area (TPSA) is 105 Å². The molecular formula is C11H11ClFN3O4S. The molecule has 0 aliphatic heterocycles. The van der Waals surface area contributed by atoms with Gasteiger partial charge in [-0.05, 0) is 19.1 Å². The Morgan fingerprint density at radius 3 is 2.76 bits per heavy atom. The summed E-state index contributed by atoms with van der Waals surface area (Å²) in [5.41, 5.74) is -0.0225. The van der Waals surface area contributed by atoms with Crippen molar-refractivity contribution in [3.05, 3.63) is 40.3 Å². The average Bonchev–Trinajstić information content (AvgIpc) is 2.85. The number of nitrogens with zero attached hydrogens (tertiary/aromatic N) is 2. The lowest BCUT2D eigenvalue weighted by molar-refractivity contribution is 0.281. The van der Waals surface area contributed by atoms with Crippen molar-refractivity contribution in [1.82, 2.24) is 14.9 Å². The molecule has 0 radical (unpaired) electrons. The number of hydrogen-bond donors (Lipinski definition) is 2. The van der Waals surface area contributed by atoms with Crippen LogP contribution in [0.1, 0.15) is 17.3 Å². The summed E-state index contributed by atoms with van der Waals surface area (Å²) >= 11 is 5.61. The van der Waals surface area contributed by atoms with Gasteiger partial charge in [-0.15, -0.1) is 0 Å². The minimum Gasteiger partial charge on any atom is -0.392 e. The third kappa shape index (κ3) is 3.56. The Balaban J connectivity index is 2.25. The molecule has 114 valence electrons. The van der Waals surface area contributed by atoms with Gasteiger partial charge in [0.1, 0.15) is 5.82 Å². The first-order valence-electron chi connectivity index (χ1n) is 5.71. The Hall–Kier alpha value is -1.55. The number of aliphatic hydroxyl groups excluding tert-OH is 1. The molecule has 0 amide bonds. The van der Waals surface area contributed by atoms with E-state index < -0.39 is 22.4 Å². The van der Waals surface area contributed by atoms with Crippen LogP contribution in [0.15, 0.2) is 21.6 Å². The maximum absolute atomic E-state index is 13.5. The standard InChI is InChI=1S/C11H11ClFN3O4S/c1-6-15-10(20-16-6)4-14-21(18,19)8-2-7(5-17)11(12)9(13)3-8/h2-3,14,17H,4-5H2,1H3. The summed E-state index contributed by atoms with van der Waals surface area (Å²) in [6.45, 7) is 0.771. The second-order valence-corrected chi connectivity index (χ2v) is 6.24. The lowest BCUT2D eigenvalue weighted by atomic mass is 10.2. The summed E-state index contributed by atoms with van der Waals surface area (Å²) in [5.74, 6) is -0.491. The largest absolute Gasteiger partial charge is 0.392 e. The monoisotopic (exact) mass is 335 g/mol. The molecule has 0 saturated carbocycles. The fraction of sp³-hybridized carbons (Fsp3) is 0.273. The Kier molecular flexibility index (Phi) is 4.57. The van der Waals surface area contributed by atoms with Crippen molar-refractivity contribution in [2.24, 2.45) is 0 Å². The van der Waals surface area contributed by atoms with E-state index in [9.17, 15) is 12.8 Å². The highest BCUT2D eigenvalue weighted by Crippen LogP contribution is 2.24. The normalized spacial score (nSPS) is 11.8. The van der Waals surface area contributed by atoms with Crippen LogP contribution in [0.2, 0.25) is 5.02 Å². The maximum Gasteiger partial charge on any atom is 0.241 e. The van der Waals surface area contributed by atoms with Gasteiger partial charge in [-0.2, -0.15) is 4.98 Å². The molecule has 0 bridgehead atoms. The van der Waals surface area contributed by atoms with Gasteiger partial charge >= 0.3 is 0 Å². The molecule has 0 fully saturated rings. The van der Waals surface area contributed by atoms with Crippen molar-refractivity contribution in [2.45, 2.75) is 25.0 Å². The Bertz CT molecular complexity index is 763. The number of aromatic nitrogens is 2. The predicted octanol–water partition coefficient (Wildman–Crippen LogP) is 1.14. The van der Waals surface area contributed by atoms with Gasteiger partial charge in [-0.3, -0.25) is 0 Å². The van der Waals surface area contributed by atoms with Crippen molar-refractivity contribution in [1.29, 1.82) is 0 Å². The second kappa shape index (κ2) is 6.06. The van der Waals surface area contributed by atoms with Gasteiger partial charge in [-0.1, -0.05) is 16.8 Å². The zero-order chi connectivity index (χ0) is 15.6. The number of hydrogen-bond acceptors (Lipinski definition) is 6. The molecule has 2 rings (SSSR count).